The minimum atomic E-state index is 0.706. The standard InChI is InChI=1S/C14H12BrN3O/c1-19-11-4-2-10(3-5-11)9-18-14-12(15)6-7-16-13(14)8-17-18/h2-8H,9H2,1H3. The van der Waals surface area contributed by atoms with Gasteiger partial charge >= 0.3 is 0 Å². The number of ether oxygens (including phenoxy) is 1. The molecule has 2 heterocycles. The zero-order valence-electron chi connectivity index (χ0n) is 10.4. The molecule has 0 amide bonds. The van der Waals surface area contributed by atoms with Gasteiger partial charge in [-0.3, -0.25) is 9.67 Å². The Bertz CT molecular complexity index is 706. The molecular weight excluding hydrogens is 306 g/mol. The van der Waals surface area contributed by atoms with Crippen LogP contribution in [0.2, 0.25) is 0 Å². The van der Waals surface area contributed by atoms with Gasteiger partial charge in [0.05, 0.1) is 19.9 Å². The molecule has 0 fully saturated rings. The molecule has 0 radical (unpaired) electrons. The number of methoxy groups -OCH3 is 1. The second-order valence-corrected chi connectivity index (χ2v) is 5.03. The molecule has 4 nitrogen and oxygen atoms in total. The summed E-state index contributed by atoms with van der Waals surface area (Å²) in [5.74, 6) is 0.858. The molecule has 3 aromatic rings. The smallest absolute Gasteiger partial charge is 0.118 e. The minimum Gasteiger partial charge on any atom is -0.497 e. The highest BCUT2D eigenvalue weighted by Gasteiger charge is 2.07. The SMILES string of the molecule is COc1ccc(Cn2ncc3nccc(Br)c32)cc1. The number of benzene rings is 1. The maximum Gasteiger partial charge on any atom is 0.118 e. The molecular formula is C14H12BrN3O. The lowest BCUT2D eigenvalue weighted by molar-refractivity contribution is 0.414. The van der Waals surface area contributed by atoms with E-state index in [4.69, 9.17) is 4.74 Å². The number of hydrogen-bond acceptors (Lipinski definition) is 3. The van der Waals surface area contributed by atoms with Crippen LogP contribution >= 0.6 is 15.9 Å². The first-order chi connectivity index (χ1) is 9.28. The van der Waals surface area contributed by atoms with Crippen molar-refractivity contribution in [2.45, 2.75) is 6.54 Å². The van der Waals surface area contributed by atoms with Crippen LogP contribution in [0.3, 0.4) is 0 Å². The highest BCUT2D eigenvalue weighted by molar-refractivity contribution is 9.10. The second kappa shape index (κ2) is 5.01. The van der Waals surface area contributed by atoms with Crippen LogP contribution in [0.25, 0.3) is 11.0 Å². The number of rotatable bonds is 3. The van der Waals surface area contributed by atoms with Gasteiger partial charge in [-0.2, -0.15) is 5.10 Å². The Hall–Kier alpha value is -1.88. The molecule has 19 heavy (non-hydrogen) atoms. The third-order valence-corrected chi connectivity index (χ3v) is 3.61. The van der Waals surface area contributed by atoms with E-state index >= 15 is 0 Å². The molecule has 0 N–H and O–H groups in total. The summed E-state index contributed by atoms with van der Waals surface area (Å²) in [6.07, 6.45) is 3.55. The van der Waals surface area contributed by atoms with Gasteiger partial charge in [0, 0.05) is 10.7 Å². The summed E-state index contributed by atoms with van der Waals surface area (Å²) >= 11 is 3.54. The van der Waals surface area contributed by atoms with E-state index in [1.165, 1.54) is 5.56 Å². The quantitative estimate of drug-likeness (QED) is 0.744. The normalized spacial score (nSPS) is 10.8. The number of pyridine rings is 1. The molecule has 96 valence electrons. The number of fused-ring (bicyclic) bond motifs is 1. The first kappa shape index (κ1) is 12.2. The Labute approximate surface area is 119 Å². The number of halogens is 1. The van der Waals surface area contributed by atoms with Crippen molar-refractivity contribution < 1.29 is 4.74 Å². The molecule has 0 aliphatic heterocycles. The molecule has 3 rings (SSSR count). The maximum absolute atomic E-state index is 5.15. The monoisotopic (exact) mass is 317 g/mol. The molecule has 0 unspecified atom stereocenters. The van der Waals surface area contributed by atoms with Gasteiger partial charge in [0.1, 0.15) is 16.8 Å². The summed E-state index contributed by atoms with van der Waals surface area (Å²) in [5, 5.41) is 4.39. The van der Waals surface area contributed by atoms with Crippen LogP contribution in [0.1, 0.15) is 5.56 Å². The lowest BCUT2D eigenvalue weighted by Crippen LogP contribution is -2.01. The van der Waals surface area contributed by atoms with Gasteiger partial charge in [0.15, 0.2) is 0 Å². The first-order valence-electron chi connectivity index (χ1n) is 5.87. The van der Waals surface area contributed by atoms with E-state index in [-0.39, 0.29) is 0 Å². The Balaban J connectivity index is 1.96. The fourth-order valence-electron chi connectivity index (χ4n) is 2.00. The van der Waals surface area contributed by atoms with Gasteiger partial charge in [0.2, 0.25) is 0 Å². The van der Waals surface area contributed by atoms with E-state index in [0.29, 0.717) is 6.54 Å². The lowest BCUT2D eigenvalue weighted by atomic mass is 10.2. The largest absolute Gasteiger partial charge is 0.497 e. The van der Waals surface area contributed by atoms with Crippen molar-refractivity contribution in [2.24, 2.45) is 0 Å². The highest BCUT2D eigenvalue weighted by Crippen LogP contribution is 2.22. The molecule has 0 aliphatic carbocycles. The van der Waals surface area contributed by atoms with Crippen molar-refractivity contribution in [2.75, 3.05) is 7.11 Å². The van der Waals surface area contributed by atoms with Crippen LogP contribution in [0.5, 0.6) is 5.75 Å². The molecule has 1 aromatic carbocycles. The van der Waals surface area contributed by atoms with Crippen LogP contribution in [-0.2, 0) is 6.54 Å². The predicted octanol–water partition coefficient (Wildman–Crippen LogP) is 3.25. The maximum atomic E-state index is 5.15. The van der Waals surface area contributed by atoms with Crippen molar-refractivity contribution in [1.29, 1.82) is 0 Å². The molecule has 5 heteroatoms. The average Bonchev–Trinajstić information content (AvgIpc) is 2.84. The number of nitrogens with zero attached hydrogens (tertiary/aromatic N) is 3. The first-order valence-corrected chi connectivity index (χ1v) is 6.66. The third kappa shape index (κ3) is 2.33. The predicted molar refractivity (Wildman–Crippen MR) is 77.3 cm³/mol. The van der Waals surface area contributed by atoms with Crippen LogP contribution < -0.4 is 4.74 Å². The Morgan fingerprint density at radius 2 is 2.00 bits per heavy atom. The fraction of sp³-hybridized carbons (Fsp3) is 0.143. The summed E-state index contributed by atoms with van der Waals surface area (Å²) in [4.78, 5) is 4.30. The Morgan fingerprint density at radius 1 is 1.21 bits per heavy atom. The van der Waals surface area contributed by atoms with E-state index in [9.17, 15) is 0 Å². The fourth-order valence-corrected chi connectivity index (χ4v) is 2.53. The number of aromatic nitrogens is 3. The summed E-state index contributed by atoms with van der Waals surface area (Å²) in [5.41, 5.74) is 3.07. The van der Waals surface area contributed by atoms with Crippen molar-refractivity contribution in [3.05, 3.63) is 52.8 Å². The molecule has 0 bridgehead atoms. The van der Waals surface area contributed by atoms with Crippen molar-refractivity contribution in [1.82, 2.24) is 14.8 Å². The second-order valence-electron chi connectivity index (χ2n) is 4.18. The Kier molecular flexibility index (Phi) is 3.21. The van der Waals surface area contributed by atoms with Gasteiger partial charge in [0.25, 0.3) is 0 Å². The molecule has 0 aliphatic rings. The molecule has 0 atom stereocenters. The molecule has 0 spiro atoms. The van der Waals surface area contributed by atoms with Crippen LogP contribution in [0, 0.1) is 0 Å². The zero-order valence-corrected chi connectivity index (χ0v) is 12.0. The van der Waals surface area contributed by atoms with Crippen LogP contribution in [0.15, 0.2) is 47.2 Å². The molecule has 2 aromatic heterocycles. The van der Waals surface area contributed by atoms with Gasteiger partial charge in [-0.15, -0.1) is 0 Å². The van der Waals surface area contributed by atoms with Gasteiger partial charge < -0.3 is 4.74 Å². The topological polar surface area (TPSA) is 39.9 Å². The van der Waals surface area contributed by atoms with E-state index in [1.54, 1.807) is 19.5 Å². The summed E-state index contributed by atoms with van der Waals surface area (Å²) in [6.45, 7) is 0.706. The molecule has 0 saturated carbocycles. The van der Waals surface area contributed by atoms with E-state index in [0.717, 1.165) is 21.3 Å². The van der Waals surface area contributed by atoms with Crippen molar-refractivity contribution in [3.8, 4) is 5.75 Å². The summed E-state index contributed by atoms with van der Waals surface area (Å²) in [6, 6.07) is 9.91. The highest BCUT2D eigenvalue weighted by atomic mass is 79.9. The van der Waals surface area contributed by atoms with Crippen LogP contribution in [-0.4, -0.2) is 21.9 Å². The summed E-state index contributed by atoms with van der Waals surface area (Å²) in [7, 11) is 1.67. The minimum absolute atomic E-state index is 0.706. The van der Waals surface area contributed by atoms with Gasteiger partial charge in [-0.25, -0.2) is 0 Å². The van der Waals surface area contributed by atoms with Gasteiger partial charge in [-0.05, 0) is 39.7 Å². The average molecular weight is 318 g/mol. The van der Waals surface area contributed by atoms with Crippen molar-refractivity contribution >= 4 is 27.0 Å². The van der Waals surface area contributed by atoms with E-state index in [2.05, 4.69) is 26.0 Å². The zero-order chi connectivity index (χ0) is 13.2. The van der Waals surface area contributed by atoms with E-state index in [1.807, 2.05) is 35.0 Å². The lowest BCUT2D eigenvalue weighted by Gasteiger charge is -2.06. The third-order valence-electron chi connectivity index (χ3n) is 2.97. The van der Waals surface area contributed by atoms with Crippen LogP contribution in [0.4, 0.5) is 0 Å². The Morgan fingerprint density at radius 3 is 2.74 bits per heavy atom. The summed E-state index contributed by atoms with van der Waals surface area (Å²) < 4.78 is 8.10. The van der Waals surface area contributed by atoms with Crippen molar-refractivity contribution in [3.63, 3.8) is 0 Å². The number of hydrogen-bond donors (Lipinski definition) is 0. The van der Waals surface area contributed by atoms with E-state index < -0.39 is 0 Å². The van der Waals surface area contributed by atoms with Gasteiger partial charge in [-0.1, -0.05) is 12.1 Å². The molecule has 0 saturated heterocycles.